The zero-order valence-corrected chi connectivity index (χ0v) is 9.50. The normalized spacial score (nSPS) is 9.00. The Bertz CT molecular complexity index is 474. The third kappa shape index (κ3) is 4.84. The van der Waals surface area contributed by atoms with Gasteiger partial charge in [0.15, 0.2) is 0 Å². The monoisotopic (exact) mass is 230 g/mol. The van der Waals surface area contributed by atoms with Crippen molar-refractivity contribution in [3.8, 4) is 11.1 Å². The molecule has 0 amide bonds. The number of carboxylic acid groups (broad SMARTS) is 2. The van der Waals surface area contributed by atoms with Crippen LogP contribution in [0.15, 0.2) is 54.6 Å². The van der Waals surface area contributed by atoms with Crippen molar-refractivity contribution in [3.05, 3.63) is 60.2 Å². The number of carbonyl (C=O) groups is 1. The van der Waals surface area contributed by atoms with Crippen LogP contribution >= 0.6 is 0 Å². The Kier molecular flexibility index (Phi) is 4.76. The molecule has 2 aromatic rings. The maximum absolute atomic E-state index is 8.56. The van der Waals surface area contributed by atoms with Crippen LogP contribution < -0.4 is 0 Å². The van der Waals surface area contributed by atoms with Crippen LogP contribution in [0.4, 0.5) is 4.79 Å². The highest BCUT2D eigenvalue weighted by molar-refractivity contribution is 5.63. The fourth-order valence-corrected chi connectivity index (χ4v) is 1.46. The summed E-state index contributed by atoms with van der Waals surface area (Å²) in [6.07, 6.45) is -1.83. The lowest BCUT2D eigenvalue weighted by atomic mass is 10.0. The van der Waals surface area contributed by atoms with Gasteiger partial charge in [0.25, 0.3) is 0 Å². The van der Waals surface area contributed by atoms with E-state index in [2.05, 4.69) is 55.5 Å². The SMILES string of the molecule is Cc1cccc(-c2ccccc2)c1.O=C(O)O. The second-order valence-corrected chi connectivity index (χ2v) is 3.52. The molecule has 2 aromatic carbocycles. The van der Waals surface area contributed by atoms with Gasteiger partial charge in [-0.15, -0.1) is 0 Å². The molecule has 0 radical (unpaired) electrons. The van der Waals surface area contributed by atoms with Crippen LogP contribution in [0.2, 0.25) is 0 Å². The lowest BCUT2D eigenvalue weighted by molar-refractivity contribution is 0.137. The Morgan fingerprint density at radius 1 is 0.882 bits per heavy atom. The van der Waals surface area contributed by atoms with Gasteiger partial charge < -0.3 is 10.2 Å². The molecule has 0 aromatic heterocycles. The number of aryl methyl sites for hydroxylation is 1. The average Bonchev–Trinajstić information content (AvgIpc) is 2.29. The van der Waals surface area contributed by atoms with Gasteiger partial charge in [0.05, 0.1) is 0 Å². The highest BCUT2D eigenvalue weighted by Gasteiger charge is 1.94. The molecular formula is C14H14O3. The maximum atomic E-state index is 8.56. The van der Waals surface area contributed by atoms with Crippen LogP contribution in [-0.2, 0) is 0 Å². The van der Waals surface area contributed by atoms with Crippen molar-refractivity contribution >= 4 is 6.16 Å². The molecule has 88 valence electrons. The van der Waals surface area contributed by atoms with E-state index < -0.39 is 6.16 Å². The van der Waals surface area contributed by atoms with Gasteiger partial charge in [-0.3, -0.25) is 0 Å². The zero-order chi connectivity index (χ0) is 12.7. The molecule has 0 saturated carbocycles. The first-order valence-corrected chi connectivity index (χ1v) is 5.13. The summed E-state index contributed by atoms with van der Waals surface area (Å²) in [7, 11) is 0. The first-order chi connectivity index (χ1) is 8.09. The van der Waals surface area contributed by atoms with Gasteiger partial charge in [-0.1, -0.05) is 60.2 Å². The first kappa shape index (κ1) is 12.8. The van der Waals surface area contributed by atoms with Crippen LogP contribution in [0.3, 0.4) is 0 Å². The minimum Gasteiger partial charge on any atom is -0.450 e. The standard InChI is InChI=1S/C13H12.CH2O3/c1-11-6-5-9-13(10-11)12-7-3-2-4-8-12;2-1(3)4/h2-10H,1H3;(H2,2,3,4). The van der Waals surface area contributed by atoms with E-state index in [-0.39, 0.29) is 0 Å². The summed E-state index contributed by atoms with van der Waals surface area (Å²) in [5, 5.41) is 13.9. The largest absolute Gasteiger partial charge is 0.503 e. The predicted octanol–water partition coefficient (Wildman–Crippen LogP) is 3.88. The van der Waals surface area contributed by atoms with E-state index in [1.165, 1.54) is 16.7 Å². The molecule has 0 bridgehead atoms. The van der Waals surface area contributed by atoms with Crippen molar-refractivity contribution in [2.45, 2.75) is 6.92 Å². The summed E-state index contributed by atoms with van der Waals surface area (Å²) in [4.78, 5) is 8.56. The van der Waals surface area contributed by atoms with Crippen molar-refractivity contribution in [2.24, 2.45) is 0 Å². The van der Waals surface area contributed by atoms with Gasteiger partial charge in [-0.2, -0.15) is 0 Å². The Morgan fingerprint density at radius 2 is 1.41 bits per heavy atom. The van der Waals surface area contributed by atoms with E-state index in [9.17, 15) is 0 Å². The molecule has 2 N–H and O–H groups in total. The molecular weight excluding hydrogens is 216 g/mol. The lowest BCUT2D eigenvalue weighted by Crippen LogP contribution is -1.81. The van der Waals surface area contributed by atoms with Gasteiger partial charge in [0.1, 0.15) is 0 Å². The van der Waals surface area contributed by atoms with Gasteiger partial charge in [0.2, 0.25) is 0 Å². The van der Waals surface area contributed by atoms with Gasteiger partial charge in [0, 0.05) is 0 Å². The van der Waals surface area contributed by atoms with Crippen LogP contribution in [0, 0.1) is 6.92 Å². The maximum Gasteiger partial charge on any atom is 0.503 e. The van der Waals surface area contributed by atoms with Gasteiger partial charge in [-0.05, 0) is 18.1 Å². The molecule has 2 rings (SSSR count). The summed E-state index contributed by atoms with van der Waals surface area (Å²) in [5.41, 5.74) is 3.88. The van der Waals surface area contributed by atoms with Crippen molar-refractivity contribution in [3.63, 3.8) is 0 Å². The lowest BCUT2D eigenvalue weighted by Gasteiger charge is -2.01. The molecule has 0 atom stereocenters. The van der Waals surface area contributed by atoms with E-state index in [0.29, 0.717) is 0 Å². The van der Waals surface area contributed by atoms with Crippen molar-refractivity contribution in [1.29, 1.82) is 0 Å². The molecule has 0 fully saturated rings. The second kappa shape index (κ2) is 6.33. The molecule has 3 heteroatoms. The number of hydrogen-bond acceptors (Lipinski definition) is 1. The fraction of sp³-hybridized carbons (Fsp3) is 0.0714. The summed E-state index contributed by atoms with van der Waals surface area (Å²) in [5.74, 6) is 0. The molecule has 0 aliphatic heterocycles. The van der Waals surface area contributed by atoms with E-state index in [4.69, 9.17) is 15.0 Å². The van der Waals surface area contributed by atoms with Gasteiger partial charge in [-0.25, -0.2) is 4.79 Å². The summed E-state index contributed by atoms with van der Waals surface area (Å²) < 4.78 is 0. The van der Waals surface area contributed by atoms with Crippen LogP contribution in [0.1, 0.15) is 5.56 Å². The minimum atomic E-state index is -1.83. The van der Waals surface area contributed by atoms with Crippen molar-refractivity contribution < 1.29 is 15.0 Å². The Balaban J connectivity index is 0.000000317. The molecule has 0 heterocycles. The zero-order valence-electron chi connectivity index (χ0n) is 9.50. The van der Waals surface area contributed by atoms with E-state index >= 15 is 0 Å². The number of benzene rings is 2. The number of hydrogen-bond donors (Lipinski definition) is 2. The smallest absolute Gasteiger partial charge is 0.450 e. The van der Waals surface area contributed by atoms with Crippen LogP contribution in [0.5, 0.6) is 0 Å². The summed E-state index contributed by atoms with van der Waals surface area (Å²) in [6, 6.07) is 19.0. The fourth-order valence-electron chi connectivity index (χ4n) is 1.46. The number of rotatable bonds is 1. The molecule has 0 spiro atoms. The van der Waals surface area contributed by atoms with Gasteiger partial charge >= 0.3 is 6.16 Å². The highest BCUT2D eigenvalue weighted by atomic mass is 16.6. The Morgan fingerprint density at radius 3 is 1.94 bits per heavy atom. The molecule has 0 unspecified atom stereocenters. The van der Waals surface area contributed by atoms with Crippen LogP contribution in [-0.4, -0.2) is 16.4 Å². The molecule has 0 aliphatic rings. The predicted molar refractivity (Wildman–Crippen MR) is 67.3 cm³/mol. The topological polar surface area (TPSA) is 57.5 Å². The Labute approximate surface area is 100.0 Å². The van der Waals surface area contributed by atoms with Crippen molar-refractivity contribution in [1.82, 2.24) is 0 Å². The second-order valence-electron chi connectivity index (χ2n) is 3.52. The average molecular weight is 230 g/mol. The first-order valence-electron chi connectivity index (χ1n) is 5.13. The van der Waals surface area contributed by atoms with E-state index in [0.717, 1.165) is 0 Å². The van der Waals surface area contributed by atoms with E-state index in [1.807, 2.05) is 6.07 Å². The van der Waals surface area contributed by atoms with E-state index in [1.54, 1.807) is 0 Å². The molecule has 0 aliphatic carbocycles. The highest BCUT2D eigenvalue weighted by Crippen LogP contribution is 2.19. The van der Waals surface area contributed by atoms with Crippen LogP contribution in [0.25, 0.3) is 11.1 Å². The quantitative estimate of drug-likeness (QED) is 0.781. The summed E-state index contributed by atoms with van der Waals surface area (Å²) in [6.45, 7) is 2.12. The third-order valence-corrected chi connectivity index (χ3v) is 2.13. The molecule has 0 saturated heterocycles. The Hall–Kier alpha value is -2.29. The minimum absolute atomic E-state index is 1.28. The summed E-state index contributed by atoms with van der Waals surface area (Å²) >= 11 is 0. The molecule has 17 heavy (non-hydrogen) atoms. The van der Waals surface area contributed by atoms with Crippen molar-refractivity contribution in [2.75, 3.05) is 0 Å². The molecule has 3 nitrogen and oxygen atoms in total. The third-order valence-electron chi connectivity index (χ3n) is 2.13.